The zero-order valence-corrected chi connectivity index (χ0v) is 10.3. The summed E-state index contributed by atoms with van der Waals surface area (Å²) in [7, 11) is 0. The van der Waals surface area contributed by atoms with Crippen molar-refractivity contribution in [3.8, 4) is 0 Å². The Balaban J connectivity index is 3.24. The number of ketones is 1. The second-order valence-corrected chi connectivity index (χ2v) is 5.16. The molecule has 2 unspecified atom stereocenters. The molecule has 0 aliphatic heterocycles. The number of carbonyl (C=O) groups excluding carboxylic acids is 2. The zero-order valence-electron chi connectivity index (χ0n) is 10.3. The van der Waals surface area contributed by atoms with E-state index in [0.29, 0.717) is 5.57 Å². The molecule has 2 atom stereocenters. The molecule has 0 heterocycles. The second-order valence-electron chi connectivity index (χ2n) is 5.16. The predicted molar refractivity (Wildman–Crippen MR) is 59.7 cm³/mol. The third kappa shape index (κ3) is 1.77. The molecule has 0 aromatic heterocycles. The Labute approximate surface area is 95.1 Å². The summed E-state index contributed by atoms with van der Waals surface area (Å²) in [4.78, 5) is 22.8. The molecule has 0 aromatic rings. The molecule has 0 radical (unpaired) electrons. The lowest BCUT2D eigenvalue weighted by Crippen LogP contribution is -2.61. The first-order valence-corrected chi connectivity index (χ1v) is 5.28. The molecule has 1 aliphatic carbocycles. The van der Waals surface area contributed by atoms with Crippen LogP contribution in [0.25, 0.3) is 0 Å². The summed E-state index contributed by atoms with van der Waals surface area (Å²) in [6.45, 7) is 7.73. The van der Waals surface area contributed by atoms with Gasteiger partial charge in [-0.3, -0.25) is 9.59 Å². The lowest BCUT2D eigenvalue weighted by atomic mass is 9.67. The maximum Gasteiger partial charge on any atom is 0.217 e. The van der Waals surface area contributed by atoms with Crippen LogP contribution in [0.5, 0.6) is 0 Å². The van der Waals surface area contributed by atoms with E-state index in [4.69, 9.17) is 0 Å². The van der Waals surface area contributed by atoms with Crippen molar-refractivity contribution in [1.29, 1.82) is 0 Å². The topological polar surface area (TPSA) is 46.2 Å². The minimum atomic E-state index is -1.43. The van der Waals surface area contributed by atoms with Gasteiger partial charge in [0.2, 0.25) is 5.91 Å². The van der Waals surface area contributed by atoms with Gasteiger partial charge in [-0.25, -0.2) is 4.39 Å². The number of allylic oxidation sites excluding steroid dienone is 1. The molecular weight excluding hydrogens is 209 g/mol. The Hall–Kier alpha value is -1.19. The highest BCUT2D eigenvalue weighted by Gasteiger charge is 2.52. The summed E-state index contributed by atoms with van der Waals surface area (Å²) in [6.07, 6.45) is -0.00662. The van der Waals surface area contributed by atoms with Crippen LogP contribution in [0.4, 0.5) is 4.39 Å². The average Bonchev–Trinajstić information content (AvgIpc) is 2.13. The molecule has 0 saturated carbocycles. The molecule has 0 fully saturated rings. The normalized spacial score (nSPS) is 33.2. The molecule has 1 N–H and O–H groups in total. The fourth-order valence-electron chi connectivity index (χ4n) is 2.11. The molecular formula is C12H18FNO2. The van der Waals surface area contributed by atoms with Gasteiger partial charge in [-0.1, -0.05) is 0 Å². The monoisotopic (exact) mass is 227 g/mol. The lowest BCUT2D eigenvalue weighted by Gasteiger charge is -2.44. The first-order valence-electron chi connectivity index (χ1n) is 5.28. The Kier molecular flexibility index (Phi) is 2.96. The van der Waals surface area contributed by atoms with Crippen LogP contribution >= 0.6 is 0 Å². The molecule has 90 valence electrons. The molecule has 0 aromatic carbocycles. The molecule has 1 aliphatic rings. The minimum absolute atomic E-state index is 0.236. The number of alkyl halides is 1. The van der Waals surface area contributed by atoms with Crippen LogP contribution in [-0.4, -0.2) is 23.4 Å². The van der Waals surface area contributed by atoms with Crippen molar-refractivity contribution in [2.45, 2.75) is 46.3 Å². The highest BCUT2D eigenvalue weighted by Crippen LogP contribution is 2.40. The van der Waals surface area contributed by atoms with Crippen LogP contribution in [-0.2, 0) is 9.59 Å². The molecule has 0 bridgehead atoms. The molecule has 1 rings (SSSR count). The van der Waals surface area contributed by atoms with Crippen molar-refractivity contribution in [1.82, 2.24) is 5.32 Å². The Bertz CT molecular complexity index is 373. The van der Waals surface area contributed by atoms with Crippen molar-refractivity contribution in [3.05, 3.63) is 11.6 Å². The van der Waals surface area contributed by atoms with Crippen LogP contribution in [0.1, 0.15) is 34.6 Å². The summed E-state index contributed by atoms with van der Waals surface area (Å²) >= 11 is 0. The molecule has 16 heavy (non-hydrogen) atoms. The van der Waals surface area contributed by atoms with Gasteiger partial charge in [0.1, 0.15) is 6.17 Å². The second kappa shape index (κ2) is 3.68. The lowest BCUT2D eigenvalue weighted by molar-refractivity contribution is -0.131. The maximum absolute atomic E-state index is 14.4. The van der Waals surface area contributed by atoms with E-state index in [1.165, 1.54) is 13.0 Å². The number of hydrogen-bond acceptors (Lipinski definition) is 2. The number of carbonyl (C=O) groups is 2. The molecule has 4 heteroatoms. The van der Waals surface area contributed by atoms with Gasteiger partial charge in [-0.2, -0.15) is 0 Å². The number of amides is 1. The standard InChI is InChI=1S/C12H18FNO2/c1-7-6-9(16)11(3,4)10(13)12(7,5)14-8(2)15/h6,10H,1-5H3,(H,14,15). The largest absolute Gasteiger partial charge is 0.344 e. The van der Waals surface area contributed by atoms with E-state index < -0.39 is 17.1 Å². The highest BCUT2D eigenvalue weighted by molar-refractivity contribution is 5.97. The Morgan fingerprint density at radius 2 is 1.94 bits per heavy atom. The van der Waals surface area contributed by atoms with E-state index in [1.54, 1.807) is 27.7 Å². The fourth-order valence-corrected chi connectivity index (χ4v) is 2.11. The zero-order chi connectivity index (χ0) is 12.7. The van der Waals surface area contributed by atoms with Gasteiger partial charge in [0.15, 0.2) is 5.78 Å². The third-order valence-corrected chi connectivity index (χ3v) is 3.38. The number of hydrogen-bond donors (Lipinski definition) is 1. The summed E-state index contributed by atoms with van der Waals surface area (Å²) in [5, 5.41) is 2.60. The van der Waals surface area contributed by atoms with Crippen LogP contribution in [0.3, 0.4) is 0 Å². The van der Waals surface area contributed by atoms with E-state index in [0.717, 1.165) is 0 Å². The van der Waals surface area contributed by atoms with Crippen molar-refractivity contribution < 1.29 is 14.0 Å². The van der Waals surface area contributed by atoms with Crippen LogP contribution in [0, 0.1) is 5.41 Å². The molecule has 3 nitrogen and oxygen atoms in total. The number of rotatable bonds is 1. The van der Waals surface area contributed by atoms with Crippen molar-refractivity contribution in [2.24, 2.45) is 5.41 Å². The van der Waals surface area contributed by atoms with E-state index in [-0.39, 0.29) is 11.7 Å². The van der Waals surface area contributed by atoms with E-state index in [1.807, 2.05) is 0 Å². The van der Waals surface area contributed by atoms with Gasteiger partial charge in [-0.05, 0) is 39.3 Å². The van der Waals surface area contributed by atoms with Gasteiger partial charge in [0.25, 0.3) is 0 Å². The van der Waals surface area contributed by atoms with Crippen molar-refractivity contribution in [2.75, 3.05) is 0 Å². The Morgan fingerprint density at radius 3 is 2.38 bits per heavy atom. The maximum atomic E-state index is 14.4. The predicted octanol–water partition coefficient (Wildman–Crippen LogP) is 1.77. The fraction of sp³-hybridized carbons (Fsp3) is 0.667. The van der Waals surface area contributed by atoms with E-state index in [9.17, 15) is 14.0 Å². The SMILES string of the molecule is CC(=O)NC1(C)C(C)=CC(=O)C(C)(C)C1F. The van der Waals surface area contributed by atoms with Crippen LogP contribution in [0.2, 0.25) is 0 Å². The summed E-state index contributed by atoms with van der Waals surface area (Å²) in [5.41, 5.74) is -1.64. The average molecular weight is 227 g/mol. The van der Waals surface area contributed by atoms with Crippen molar-refractivity contribution in [3.63, 3.8) is 0 Å². The number of halogens is 1. The third-order valence-electron chi connectivity index (χ3n) is 3.38. The first kappa shape index (κ1) is 12.9. The summed E-state index contributed by atoms with van der Waals surface area (Å²) < 4.78 is 14.4. The number of nitrogens with one attached hydrogen (secondary N) is 1. The van der Waals surface area contributed by atoms with Crippen molar-refractivity contribution >= 4 is 11.7 Å². The summed E-state index contributed by atoms with van der Waals surface area (Å²) in [5.74, 6) is -0.539. The van der Waals surface area contributed by atoms with Gasteiger partial charge < -0.3 is 5.32 Å². The quantitative estimate of drug-likeness (QED) is 0.742. The molecule has 0 spiro atoms. The van der Waals surface area contributed by atoms with Gasteiger partial charge >= 0.3 is 0 Å². The van der Waals surface area contributed by atoms with Gasteiger partial charge in [0, 0.05) is 6.92 Å². The summed E-state index contributed by atoms with van der Waals surface area (Å²) in [6, 6.07) is 0. The van der Waals surface area contributed by atoms with Crippen LogP contribution < -0.4 is 5.32 Å². The molecule has 0 saturated heterocycles. The first-order chi connectivity index (χ1) is 7.12. The van der Waals surface area contributed by atoms with Crippen LogP contribution in [0.15, 0.2) is 11.6 Å². The Morgan fingerprint density at radius 1 is 1.44 bits per heavy atom. The van der Waals surface area contributed by atoms with Gasteiger partial charge in [-0.15, -0.1) is 0 Å². The molecule has 1 amide bonds. The van der Waals surface area contributed by atoms with Gasteiger partial charge in [0.05, 0.1) is 11.0 Å². The smallest absolute Gasteiger partial charge is 0.217 e. The highest BCUT2D eigenvalue weighted by atomic mass is 19.1. The minimum Gasteiger partial charge on any atom is -0.344 e. The van der Waals surface area contributed by atoms with E-state index >= 15 is 0 Å². The van der Waals surface area contributed by atoms with E-state index in [2.05, 4.69) is 5.32 Å².